The Balaban J connectivity index is 0.000000640. The minimum Gasteiger partial charge on any atom is -0.619 e. The number of aryl methyl sites for hydroxylation is 1. The molecule has 50 valence electrons. The minimum atomic E-state index is 0. The van der Waals surface area contributed by atoms with Gasteiger partial charge in [-0.2, -0.15) is 4.73 Å². The van der Waals surface area contributed by atoms with Crippen molar-refractivity contribution in [1.82, 2.24) is 0 Å². The Morgan fingerprint density at radius 3 is 2.44 bits per heavy atom. The van der Waals surface area contributed by atoms with E-state index in [2.05, 4.69) is 0 Å². The molecule has 0 bridgehead atoms. The zero-order chi connectivity index (χ0) is 5.98. The Hall–Kier alpha value is -1.05. The van der Waals surface area contributed by atoms with Crippen molar-refractivity contribution in [3.05, 3.63) is 35.3 Å². The number of rotatable bonds is 0. The predicted molar refractivity (Wildman–Crippen MR) is 36.9 cm³/mol. The van der Waals surface area contributed by atoms with Gasteiger partial charge < -0.3 is 5.21 Å². The van der Waals surface area contributed by atoms with Crippen molar-refractivity contribution in [2.24, 2.45) is 0 Å². The quantitative estimate of drug-likeness (QED) is 0.379. The lowest BCUT2D eigenvalue weighted by Crippen LogP contribution is -2.28. The molecule has 0 spiro atoms. The molecule has 2 heteroatoms. The highest BCUT2D eigenvalue weighted by molar-refractivity contribution is 4.94. The Morgan fingerprint density at radius 2 is 2.11 bits per heavy atom. The van der Waals surface area contributed by atoms with Gasteiger partial charge in [0.1, 0.15) is 0 Å². The molecule has 0 N–H and O–H groups in total. The first-order valence-electron chi connectivity index (χ1n) is 2.45. The first-order chi connectivity index (χ1) is 3.80. The van der Waals surface area contributed by atoms with E-state index < -0.39 is 0 Å². The van der Waals surface area contributed by atoms with E-state index in [1.54, 1.807) is 19.1 Å². The summed E-state index contributed by atoms with van der Waals surface area (Å²) >= 11 is 0. The zero-order valence-electron chi connectivity index (χ0n) is 4.66. The average molecular weight is 125 g/mol. The van der Waals surface area contributed by atoms with Gasteiger partial charge in [-0.1, -0.05) is 13.5 Å². The number of hydrogen-bond donors (Lipinski definition) is 0. The maximum Gasteiger partial charge on any atom is 0.189 e. The molecule has 0 aliphatic rings. The molecule has 1 aromatic rings. The van der Waals surface area contributed by atoms with Crippen molar-refractivity contribution in [2.45, 2.75) is 14.4 Å². The topological polar surface area (TPSA) is 26.9 Å². The molecule has 1 rings (SSSR count). The van der Waals surface area contributed by atoms with E-state index in [-0.39, 0.29) is 7.43 Å². The molecular formula is C7H11NO. The van der Waals surface area contributed by atoms with E-state index in [0.717, 1.165) is 10.4 Å². The van der Waals surface area contributed by atoms with Gasteiger partial charge in [-0.05, 0) is 0 Å². The highest BCUT2D eigenvalue weighted by Gasteiger charge is 1.89. The lowest BCUT2D eigenvalue weighted by atomic mass is 10.4. The van der Waals surface area contributed by atoms with Crippen LogP contribution in [0.5, 0.6) is 0 Å². The van der Waals surface area contributed by atoms with Gasteiger partial charge in [0.2, 0.25) is 0 Å². The lowest BCUT2D eigenvalue weighted by Gasteiger charge is -1.95. The molecule has 0 aliphatic heterocycles. The lowest BCUT2D eigenvalue weighted by molar-refractivity contribution is -0.612. The van der Waals surface area contributed by atoms with Gasteiger partial charge in [0, 0.05) is 19.1 Å². The number of pyridine rings is 1. The Morgan fingerprint density at radius 1 is 1.44 bits per heavy atom. The van der Waals surface area contributed by atoms with Crippen molar-refractivity contribution in [2.75, 3.05) is 0 Å². The third kappa shape index (κ3) is 1.72. The van der Waals surface area contributed by atoms with E-state index in [4.69, 9.17) is 0 Å². The van der Waals surface area contributed by atoms with Gasteiger partial charge in [-0.3, -0.25) is 0 Å². The summed E-state index contributed by atoms with van der Waals surface area (Å²) in [5.74, 6) is 0. The fourth-order valence-electron chi connectivity index (χ4n) is 0.514. The van der Waals surface area contributed by atoms with Crippen LogP contribution in [0.2, 0.25) is 0 Å². The maximum absolute atomic E-state index is 10.5. The van der Waals surface area contributed by atoms with Gasteiger partial charge >= 0.3 is 0 Å². The maximum atomic E-state index is 10.5. The standard InChI is InChI=1S/C6H7NO.CH4/c1-6-4-2-3-5-7(6)8;/h2-5H,1H3;1H4. The Labute approximate surface area is 55.3 Å². The third-order valence-corrected chi connectivity index (χ3v) is 1.02. The molecule has 0 fully saturated rings. The first-order valence-corrected chi connectivity index (χ1v) is 2.45. The van der Waals surface area contributed by atoms with E-state index in [9.17, 15) is 5.21 Å². The van der Waals surface area contributed by atoms with Crippen molar-refractivity contribution < 1.29 is 4.73 Å². The third-order valence-electron chi connectivity index (χ3n) is 1.02. The summed E-state index contributed by atoms with van der Waals surface area (Å²) in [6, 6.07) is 5.32. The molecule has 0 saturated heterocycles. The van der Waals surface area contributed by atoms with Crippen LogP contribution in [0.3, 0.4) is 0 Å². The minimum absolute atomic E-state index is 0. The van der Waals surface area contributed by atoms with Crippen LogP contribution in [0.4, 0.5) is 0 Å². The summed E-state index contributed by atoms with van der Waals surface area (Å²) in [5, 5.41) is 10.5. The summed E-state index contributed by atoms with van der Waals surface area (Å²) in [4.78, 5) is 0. The van der Waals surface area contributed by atoms with Crippen LogP contribution >= 0.6 is 0 Å². The second kappa shape index (κ2) is 3.07. The van der Waals surface area contributed by atoms with Crippen molar-refractivity contribution in [1.29, 1.82) is 0 Å². The molecule has 9 heavy (non-hydrogen) atoms. The van der Waals surface area contributed by atoms with Crippen LogP contribution in [-0.2, 0) is 0 Å². The molecule has 0 saturated carbocycles. The summed E-state index contributed by atoms with van der Waals surface area (Å²) in [6.45, 7) is 1.77. The van der Waals surface area contributed by atoms with E-state index in [1.807, 2.05) is 6.07 Å². The molecule has 0 unspecified atom stereocenters. The summed E-state index contributed by atoms with van der Waals surface area (Å²) in [6.07, 6.45) is 1.48. The average Bonchev–Trinajstić information content (AvgIpc) is 1.77. The predicted octanol–water partition coefficient (Wildman–Crippen LogP) is 1.26. The van der Waals surface area contributed by atoms with Crippen LogP contribution in [0, 0.1) is 12.1 Å². The van der Waals surface area contributed by atoms with E-state index in [1.165, 1.54) is 6.20 Å². The smallest absolute Gasteiger partial charge is 0.189 e. The fraction of sp³-hybridized carbons (Fsp3) is 0.286. The Kier molecular flexibility index (Phi) is 2.71. The Bertz CT molecular complexity index is 165. The largest absolute Gasteiger partial charge is 0.619 e. The molecule has 0 atom stereocenters. The highest BCUT2D eigenvalue weighted by atomic mass is 16.5. The van der Waals surface area contributed by atoms with Gasteiger partial charge in [0.05, 0.1) is 0 Å². The summed E-state index contributed by atoms with van der Waals surface area (Å²) < 4.78 is 0.833. The summed E-state index contributed by atoms with van der Waals surface area (Å²) in [5.41, 5.74) is 0.729. The van der Waals surface area contributed by atoms with Gasteiger partial charge in [0.25, 0.3) is 0 Å². The molecule has 1 aromatic heterocycles. The molecular weight excluding hydrogens is 114 g/mol. The molecule has 0 amide bonds. The molecule has 1 heterocycles. The second-order valence-corrected chi connectivity index (χ2v) is 1.67. The van der Waals surface area contributed by atoms with Crippen molar-refractivity contribution >= 4 is 0 Å². The molecule has 0 radical (unpaired) electrons. The van der Waals surface area contributed by atoms with Crippen LogP contribution in [0.25, 0.3) is 0 Å². The van der Waals surface area contributed by atoms with Crippen LogP contribution in [0.1, 0.15) is 13.1 Å². The SMILES string of the molecule is C.Cc1cccc[n+]1[O-]. The fourth-order valence-corrected chi connectivity index (χ4v) is 0.514. The second-order valence-electron chi connectivity index (χ2n) is 1.67. The van der Waals surface area contributed by atoms with Gasteiger partial charge in [-0.15, -0.1) is 0 Å². The molecule has 2 nitrogen and oxygen atoms in total. The molecule has 0 aromatic carbocycles. The number of aromatic nitrogens is 1. The first kappa shape index (κ1) is 7.95. The van der Waals surface area contributed by atoms with Crippen LogP contribution in [0.15, 0.2) is 24.4 Å². The van der Waals surface area contributed by atoms with Crippen molar-refractivity contribution in [3.63, 3.8) is 0 Å². The number of nitrogens with zero attached hydrogens (tertiary/aromatic N) is 1. The monoisotopic (exact) mass is 125 g/mol. The van der Waals surface area contributed by atoms with Gasteiger partial charge in [0.15, 0.2) is 11.9 Å². The molecule has 0 aliphatic carbocycles. The van der Waals surface area contributed by atoms with Crippen molar-refractivity contribution in [3.8, 4) is 0 Å². The highest BCUT2D eigenvalue weighted by Crippen LogP contribution is 1.83. The number of hydrogen-bond acceptors (Lipinski definition) is 1. The van der Waals surface area contributed by atoms with E-state index in [0.29, 0.717) is 0 Å². The normalized spacial score (nSPS) is 8.11. The van der Waals surface area contributed by atoms with E-state index >= 15 is 0 Å². The zero-order valence-corrected chi connectivity index (χ0v) is 4.66. The van der Waals surface area contributed by atoms with Crippen LogP contribution < -0.4 is 4.73 Å². The summed E-state index contributed by atoms with van der Waals surface area (Å²) in [7, 11) is 0. The van der Waals surface area contributed by atoms with Crippen LogP contribution in [-0.4, -0.2) is 0 Å². The van der Waals surface area contributed by atoms with Gasteiger partial charge in [-0.25, -0.2) is 0 Å².